The number of carbonyl (C=O) groups is 1. The van der Waals surface area contributed by atoms with Gasteiger partial charge in [0.05, 0.1) is 18.1 Å². The van der Waals surface area contributed by atoms with E-state index in [0.29, 0.717) is 39.8 Å². The van der Waals surface area contributed by atoms with E-state index in [0.717, 1.165) is 74.7 Å². The molecule has 2 unspecified atom stereocenters. The number of nitrogens with one attached hydrogen (secondary N) is 2. The van der Waals surface area contributed by atoms with Gasteiger partial charge >= 0.3 is 0 Å². The quantitative estimate of drug-likeness (QED) is 0.378. The largest absolute Gasteiger partial charge is 0.419 e. The van der Waals surface area contributed by atoms with Crippen LogP contribution >= 0.6 is 23.2 Å². The Labute approximate surface area is 250 Å². The molecule has 0 aliphatic carbocycles. The third kappa shape index (κ3) is 7.27. The van der Waals surface area contributed by atoms with Crippen LogP contribution < -0.4 is 20.3 Å². The van der Waals surface area contributed by atoms with E-state index in [-0.39, 0.29) is 5.91 Å². The maximum Gasteiger partial charge on any atom is 0.239 e. The van der Waals surface area contributed by atoms with Gasteiger partial charge in [-0.1, -0.05) is 23.2 Å². The zero-order valence-electron chi connectivity index (χ0n) is 23.2. The van der Waals surface area contributed by atoms with Crippen molar-refractivity contribution in [2.24, 2.45) is 5.92 Å². The molecule has 0 saturated carbocycles. The van der Waals surface area contributed by atoms with Crippen molar-refractivity contribution in [3.63, 3.8) is 0 Å². The van der Waals surface area contributed by atoms with Crippen molar-refractivity contribution in [3.8, 4) is 23.0 Å². The molecule has 0 radical (unpaired) electrons. The number of piperidine rings is 1. The van der Waals surface area contributed by atoms with Crippen LogP contribution in [-0.2, 0) is 11.3 Å². The molecular weight excluding hydrogens is 561 g/mol. The number of fused-ring (bicyclic) bond motifs is 2. The molecule has 5 heterocycles. The van der Waals surface area contributed by atoms with Crippen LogP contribution in [0.1, 0.15) is 38.2 Å². The van der Waals surface area contributed by atoms with Crippen molar-refractivity contribution in [2.75, 3.05) is 37.6 Å². The molecule has 3 fully saturated rings. The third-order valence-corrected chi connectivity index (χ3v) is 8.57. The van der Waals surface area contributed by atoms with Gasteiger partial charge in [-0.25, -0.2) is 15.0 Å². The monoisotopic (exact) mass is 595 g/mol. The summed E-state index contributed by atoms with van der Waals surface area (Å²) in [6.45, 7) is 6.88. The number of anilines is 1. The average Bonchev–Trinajstić information content (AvgIpc) is 3.29. The number of halogens is 2. The maximum absolute atomic E-state index is 11.3. The molecule has 2 atom stereocenters. The van der Waals surface area contributed by atoms with E-state index in [1.54, 1.807) is 25.4 Å². The Kier molecular flexibility index (Phi) is 8.57. The SMILES string of the molecule is CC(=O)NCC1CCN(Cc2cc(Oc3cnc(N4CC5CCC(C4)N5)cn3)nc(-c3cc(Cl)cc(Cl)c3)c2)CC1. The number of amides is 1. The van der Waals surface area contributed by atoms with Gasteiger partial charge in [0.25, 0.3) is 0 Å². The Bertz CT molecular complexity index is 1350. The fourth-order valence-electron chi connectivity index (χ4n) is 6.06. The van der Waals surface area contributed by atoms with Crippen molar-refractivity contribution in [2.45, 2.75) is 51.2 Å². The number of ether oxygens (including phenoxy) is 1. The molecule has 216 valence electrons. The van der Waals surface area contributed by atoms with Crippen LogP contribution in [0.2, 0.25) is 10.0 Å². The van der Waals surface area contributed by atoms with Crippen LogP contribution in [0.5, 0.6) is 11.8 Å². The predicted octanol–water partition coefficient (Wildman–Crippen LogP) is 4.93. The highest BCUT2D eigenvalue weighted by molar-refractivity contribution is 6.35. The Morgan fingerprint density at radius 3 is 2.37 bits per heavy atom. The number of aromatic nitrogens is 3. The lowest BCUT2D eigenvalue weighted by atomic mass is 9.96. The normalized spacial score (nSPS) is 21.2. The number of likely N-dealkylation sites (tertiary alicyclic amines) is 1. The molecular formula is C30H35Cl2N7O2. The van der Waals surface area contributed by atoms with Gasteiger partial charge in [0.1, 0.15) is 5.82 Å². The molecule has 9 nitrogen and oxygen atoms in total. The van der Waals surface area contributed by atoms with E-state index in [9.17, 15) is 4.79 Å². The number of pyridine rings is 1. The van der Waals surface area contributed by atoms with E-state index in [4.69, 9.17) is 32.9 Å². The zero-order valence-corrected chi connectivity index (χ0v) is 24.7. The molecule has 3 aliphatic heterocycles. The second-order valence-corrected chi connectivity index (χ2v) is 12.2. The van der Waals surface area contributed by atoms with E-state index < -0.39 is 0 Å². The molecule has 1 amide bonds. The van der Waals surface area contributed by atoms with Crippen LogP contribution in [0.4, 0.5) is 5.82 Å². The minimum absolute atomic E-state index is 0.0282. The first-order valence-electron chi connectivity index (χ1n) is 14.3. The molecule has 3 saturated heterocycles. The summed E-state index contributed by atoms with van der Waals surface area (Å²) in [4.78, 5) is 30.0. The average molecular weight is 597 g/mol. The van der Waals surface area contributed by atoms with Gasteiger partial charge < -0.3 is 20.3 Å². The summed E-state index contributed by atoms with van der Waals surface area (Å²) in [7, 11) is 0. The maximum atomic E-state index is 11.3. The predicted molar refractivity (Wildman–Crippen MR) is 161 cm³/mol. The van der Waals surface area contributed by atoms with Crippen molar-refractivity contribution >= 4 is 34.9 Å². The molecule has 0 spiro atoms. The molecule has 3 aromatic rings. The van der Waals surface area contributed by atoms with Crippen LogP contribution in [0.25, 0.3) is 11.3 Å². The Balaban J connectivity index is 1.19. The number of hydrogen-bond acceptors (Lipinski definition) is 8. The summed E-state index contributed by atoms with van der Waals surface area (Å²) in [6, 6.07) is 10.5. The lowest BCUT2D eigenvalue weighted by molar-refractivity contribution is -0.119. The topological polar surface area (TPSA) is 95.5 Å². The van der Waals surface area contributed by atoms with Crippen LogP contribution in [0.3, 0.4) is 0 Å². The Morgan fingerprint density at radius 2 is 1.71 bits per heavy atom. The number of hydrogen-bond donors (Lipinski definition) is 2. The number of carbonyl (C=O) groups excluding carboxylic acids is 1. The number of nitrogens with zero attached hydrogens (tertiary/aromatic N) is 5. The molecule has 2 N–H and O–H groups in total. The van der Waals surface area contributed by atoms with Gasteiger partial charge in [-0.2, -0.15) is 0 Å². The minimum atomic E-state index is 0.0282. The summed E-state index contributed by atoms with van der Waals surface area (Å²) >= 11 is 12.6. The first-order chi connectivity index (χ1) is 19.9. The van der Waals surface area contributed by atoms with Crippen molar-refractivity contribution in [1.29, 1.82) is 0 Å². The van der Waals surface area contributed by atoms with Crippen LogP contribution in [0, 0.1) is 5.92 Å². The second-order valence-electron chi connectivity index (χ2n) is 11.4. The van der Waals surface area contributed by atoms with E-state index in [1.807, 2.05) is 18.2 Å². The molecule has 2 bridgehead atoms. The van der Waals surface area contributed by atoms with Gasteiger partial charge in [0.15, 0.2) is 0 Å². The molecule has 3 aliphatic rings. The first-order valence-corrected chi connectivity index (χ1v) is 15.1. The fraction of sp³-hybridized carbons (Fsp3) is 0.467. The highest BCUT2D eigenvalue weighted by Gasteiger charge is 2.32. The van der Waals surface area contributed by atoms with Gasteiger partial charge in [-0.3, -0.25) is 9.69 Å². The summed E-state index contributed by atoms with van der Waals surface area (Å²) in [5.41, 5.74) is 2.61. The first kappa shape index (κ1) is 28.2. The second kappa shape index (κ2) is 12.5. The van der Waals surface area contributed by atoms with Crippen LogP contribution in [0.15, 0.2) is 42.7 Å². The summed E-state index contributed by atoms with van der Waals surface area (Å²) in [6.07, 6.45) is 7.97. The molecule has 6 rings (SSSR count). The summed E-state index contributed by atoms with van der Waals surface area (Å²) in [5.74, 6) is 2.24. The van der Waals surface area contributed by atoms with Gasteiger partial charge in [-0.05, 0) is 74.5 Å². The number of rotatable bonds is 8. The van der Waals surface area contributed by atoms with Crippen LogP contribution in [-0.4, -0.2) is 70.6 Å². The molecule has 11 heteroatoms. The van der Waals surface area contributed by atoms with Gasteiger partial charge in [0, 0.05) is 66.9 Å². The Morgan fingerprint density at radius 1 is 0.976 bits per heavy atom. The highest BCUT2D eigenvalue weighted by atomic mass is 35.5. The lowest BCUT2D eigenvalue weighted by Crippen LogP contribution is -2.51. The molecule has 2 aromatic heterocycles. The standard InChI is InChI=1S/C30H35Cl2N7O2/c1-19(40)33-13-20-4-6-38(7-5-20)16-21-8-27(22-10-23(31)12-24(32)11-22)37-29(9-21)41-30-15-34-28(14-35-30)39-17-25-2-3-26(18-39)36-25/h8-12,14-15,20,25-26,36H,2-7,13,16-18H2,1H3,(H,33,40). The number of benzene rings is 1. The fourth-order valence-corrected chi connectivity index (χ4v) is 6.59. The minimum Gasteiger partial charge on any atom is -0.419 e. The Hall–Kier alpha value is -2.98. The summed E-state index contributed by atoms with van der Waals surface area (Å²) in [5, 5.41) is 7.70. The summed E-state index contributed by atoms with van der Waals surface area (Å²) < 4.78 is 6.16. The number of piperazine rings is 1. The third-order valence-electron chi connectivity index (χ3n) is 8.14. The van der Waals surface area contributed by atoms with Gasteiger partial charge in [-0.15, -0.1) is 0 Å². The van der Waals surface area contributed by atoms with Gasteiger partial charge in [0.2, 0.25) is 17.7 Å². The van der Waals surface area contributed by atoms with E-state index in [1.165, 1.54) is 12.8 Å². The van der Waals surface area contributed by atoms with Crippen molar-refractivity contribution in [3.05, 3.63) is 58.3 Å². The molecule has 1 aromatic carbocycles. The van der Waals surface area contributed by atoms with E-state index >= 15 is 0 Å². The van der Waals surface area contributed by atoms with Crippen molar-refractivity contribution < 1.29 is 9.53 Å². The zero-order chi connectivity index (χ0) is 28.3. The van der Waals surface area contributed by atoms with E-state index in [2.05, 4.69) is 36.5 Å². The van der Waals surface area contributed by atoms with Crippen molar-refractivity contribution in [1.82, 2.24) is 30.5 Å². The highest BCUT2D eigenvalue weighted by Crippen LogP contribution is 2.31. The lowest BCUT2D eigenvalue weighted by Gasteiger charge is -2.33. The smallest absolute Gasteiger partial charge is 0.239 e. The molecule has 41 heavy (non-hydrogen) atoms.